The summed E-state index contributed by atoms with van der Waals surface area (Å²) in [6.07, 6.45) is 5.99. The van der Waals surface area contributed by atoms with Gasteiger partial charge in [-0.3, -0.25) is 9.67 Å². The van der Waals surface area contributed by atoms with E-state index in [0.29, 0.717) is 0 Å². The van der Waals surface area contributed by atoms with E-state index in [0.717, 1.165) is 49.2 Å². The standard InChI is InChI=1S/C18H26ClN5S/c1-3-20-18(21-10-4-5-15-13-23-24(2)14-15)22-11-12-25-17-8-6-16(19)7-9-17/h6-9,13-14H,3-5,10-12H2,1-2H3,(H2,20,21,22). The average molecular weight is 380 g/mol. The zero-order valence-corrected chi connectivity index (χ0v) is 16.4. The van der Waals surface area contributed by atoms with Gasteiger partial charge in [0.1, 0.15) is 0 Å². The maximum absolute atomic E-state index is 5.90. The molecule has 0 spiro atoms. The van der Waals surface area contributed by atoms with E-state index < -0.39 is 0 Å². The molecule has 0 bridgehead atoms. The minimum absolute atomic E-state index is 0.773. The van der Waals surface area contributed by atoms with Gasteiger partial charge >= 0.3 is 0 Å². The number of aryl methyl sites for hydroxylation is 2. The molecule has 1 heterocycles. The molecule has 2 aromatic rings. The van der Waals surface area contributed by atoms with Gasteiger partial charge in [0, 0.05) is 48.5 Å². The lowest BCUT2D eigenvalue weighted by Crippen LogP contribution is -2.38. The van der Waals surface area contributed by atoms with Crippen LogP contribution >= 0.6 is 23.4 Å². The van der Waals surface area contributed by atoms with Gasteiger partial charge in [0.25, 0.3) is 0 Å². The Kier molecular flexibility index (Phi) is 8.69. The van der Waals surface area contributed by atoms with E-state index >= 15 is 0 Å². The molecule has 0 saturated heterocycles. The number of nitrogens with one attached hydrogen (secondary N) is 2. The van der Waals surface area contributed by atoms with Gasteiger partial charge in [-0.2, -0.15) is 5.10 Å². The van der Waals surface area contributed by atoms with Crippen molar-refractivity contribution in [3.8, 4) is 0 Å². The Labute approximate surface area is 159 Å². The third kappa shape index (κ3) is 7.84. The highest BCUT2D eigenvalue weighted by Gasteiger charge is 1.99. The zero-order chi connectivity index (χ0) is 17.9. The fourth-order valence-corrected chi connectivity index (χ4v) is 3.18. The topological polar surface area (TPSA) is 54.2 Å². The van der Waals surface area contributed by atoms with E-state index in [1.54, 1.807) is 11.8 Å². The molecule has 0 aliphatic heterocycles. The maximum atomic E-state index is 5.90. The fourth-order valence-electron chi connectivity index (χ4n) is 2.29. The summed E-state index contributed by atoms with van der Waals surface area (Å²) >= 11 is 7.70. The van der Waals surface area contributed by atoms with Gasteiger partial charge in [-0.1, -0.05) is 11.6 Å². The molecule has 7 heteroatoms. The third-order valence-electron chi connectivity index (χ3n) is 3.47. The summed E-state index contributed by atoms with van der Waals surface area (Å²) < 4.78 is 1.84. The van der Waals surface area contributed by atoms with Crippen LogP contribution in [0.15, 0.2) is 46.5 Å². The number of aliphatic imine (C=N–C) groups is 1. The minimum Gasteiger partial charge on any atom is -0.357 e. The summed E-state index contributed by atoms with van der Waals surface area (Å²) in [7, 11) is 1.94. The van der Waals surface area contributed by atoms with E-state index in [-0.39, 0.29) is 0 Å². The first-order valence-corrected chi connectivity index (χ1v) is 9.92. The Bertz CT molecular complexity index is 654. The van der Waals surface area contributed by atoms with Crippen LogP contribution in [0.5, 0.6) is 0 Å². The molecule has 1 aromatic heterocycles. The first-order chi connectivity index (χ1) is 12.2. The Morgan fingerprint density at radius 2 is 2.08 bits per heavy atom. The Morgan fingerprint density at radius 3 is 2.76 bits per heavy atom. The van der Waals surface area contributed by atoms with Crippen molar-refractivity contribution in [2.75, 3.05) is 25.4 Å². The number of hydrogen-bond acceptors (Lipinski definition) is 3. The number of aromatic nitrogens is 2. The summed E-state index contributed by atoms with van der Waals surface area (Å²) in [5.41, 5.74) is 1.26. The van der Waals surface area contributed by atoms with Crippen LogP contribution in [0.2, 0.25) is 5.02 Å². The molecule has 0 aliphatic carbocycles. The molecule has 2 rings (SSSR count). The predicted octanol–water partition coefficient (Wildman–Crippen LogP) is 3.35. The molecular formula is C18H26ClN5S. The molecular weight excluding hydrogens is 354 g/mol. The van der Waals surface area contributed by atoms with Gasteiger partial charge in [0.2, 0.25) is 0 Å². The average Bonchev–Trinajstić information content (AvgIpc) is 3.02. The monoisotopic (exact) mass is 379 g/mol. The largest absolute Gasteiger partial charge is 0.357 e. The van der Waals surface area contributed by atoms with Gasteiger partial charge < -0.3 is 10.6 Å². The van der Waals surface area contributed by atoms with Crippen molar-refractivity contribution in [1.82, 2.24) is 20.4 Å². The van der Waals surface area contributed by atoms with Crippen molar-refractivity contribution < 1.29 is 0 Å². The van der Waals surface area contributed by atoms with Crippen molar-refractivity contribution in [2.45, 2.75) is 24.7 Å². The Balaban J connectivity index is 1.67. The van der Waals surface area contributed by atoms with Crippen LogP contribution in [0.4, 0.5) is 0 Å². The lowest BCUT2D eigenvalue weighted by Gasteiger charge is -2.11. The fraction of sp³-hybridized carbons (Fsp3) is 0.444. The highest BCUT2D eigenvalue weighted by molar-refractivity contribution is 7.99. The summed E-state index contributed by atoms with van der Waals surface area (Å²) in [6.45, 7) is 4.60. The van der Waals surface area contributed by atoms with Crippen molar-refractivity contribution in [2.24, 2.45) is 12.0 Å². The lowest BCUT2D eigenvalue weighted by molar-refractivity contribution is 0.764. The highest BCUT2D eigenvalue weighted by Crippen LogP contribution is 2.19. The number of hydrogen-bond donors (Lipinski definition) is 2. The summed E-state index contributed by atoms with van der Waals surface area (Å²) in [6, 6.07) is 7.94. The number of nitrogens with zero attached hydrogens (tertiary/aromatic N) is 3. The molecule has 2 N–H and O–H groups in total. The molecule has 0 saturated carbocycles. The number of benzene rings is 1. The normalized spacial score (nSPS) is 11.6. The molecule has 0 amide bonds. The van der Waals surface area contributed by atoms with Crippen molar-refractivity contribution in [1.29, 1.82) is 0 Å². The van der Waals surface area contributed by atoms with E-state index in [2.05, 4.69) is 33.8 Å². The zero-order valence-electron chi connectivity index (χ0n) is 14.8. The van der Waals surface area contributed by atoms with E-state index in [4.69, 9.17) is 11.6 Å². The second-order valence-electron chi connectivity index (χ2n) is 5.62. The molecule has 1 aromatic carbocycles. The van der Waals surface area contributed by atoms with Crippen LogP contribution in [-0.2, 0) is 13.5 Å². The van der Waals surface area contributed by atoms with Gasteiger partial charge in [-0.25, -0.2) is 0 Å². The summed E-state index contributed by atoms with van der Waals surface area (Å²) in [5, 5.41) is 11.6. The predicted molar refractivity (Wildman–Crippen MR) is 108 cm³/mol. The lowest BCUT2D eigenvalue weighted by atomic mass is 10.2. The number of rotatable bonds is 9. The number of guanidine groups is 1. The van der Waals surface area contributed by atoms with Gasteiger partial charge in [-0.15, -0.1) is 11.8 Å². The quantitative estimate of drug-likeness (QED) is 0.303. The second kappa shape index (κ2) is 11.1. The van der Waals surface area contributed by atoms with Crippen molar-refractivity contribution in [3.05, 3.63) is 47.2 Å². The molecule has 0 aliphatic rings. The minimum atomic E-state index is 0.773. The molecule has 0 fully saturated rings. The van der Waals surface area contributed by atoms with Crippen LogP contribution < -0.4 is 10.6 Å². The second-order valence-corrected chi connectivity index (χ2v) is 7.22. The van der Waals surface area contributed by atoms with Crippen LogP contribution in [0.25, 0.3) is 0 Å². The maximum Gasteiger partial charge on any atom is 0.191 e. The van der Waals surface area contributed by atoms with Crippen LogP contribution in [0, 0.1) is 0 Å². The Hall–Kier alpha value is -1.66. The first kappa shape index (κ1) is 19.7. The van der Waals surface area contributed by atoms with Crippen LogP contribution in [-0.4, -0.2) is 41.1 Å². The Morgan fingerprint density at radius 1 is 1.28 bits per heavy atom. The summed E-state index contributed by atoms with van der Waals surface area (Å²) in [5.74, 6) is 1.85. The highest BCUT2D eigenvalue weighted by atomic mass is 35.5. The van der Waals surface area contributed by atoms with E-state index in [9.17, 15) is 0 Å². The van der Waals surface area contributed by atoms with Crippen molar-refractivity contribution in [3.63, 3.8) is 0 Å². The van der Waals surface area contributed by atoms with Crippen molar-refractivity contribution >= 4 is 29.3 Å². The number of halogens is 1. The molecule has 0 unspecified atom stereocenters. The van der Waals surface area contributed by atoms with Crippen LogP contribution in [0.3, 0.4) is 0 Å². The smallest absolute Gasteiger partial charge is 0.191 e. The molecule has 0 atom stereocenters. The van der Waals surface area contributed by atoms with Gasteiger partial charge in [0.05, 0.1) is 6.20 Å². The van der Waals surface area contributed by atoms with E-state index in [1.807, 2.05) is 42.2 Å². The number of thioether (sulfide) groups is 1. The third-order valence-corrected chi connectivity index (χ3v) is 4.74. The summed E-state index contributed by atoms with van der Waals surface area (Å²) in [4.78, 5) is 5.86. The molecule has 25 heavy (non-hydrogen) atoms. The van der Waals surface area contributed by atoms with E-state index in [1.165, 1.54) is 10.5 Å². The molecule has 5 nitrogen and oxygen atoms in total. The van der Waals surface area contributed by atoms with Gasteiger partial charge in [0.15, 0.2) is 5.96 Å². The molecule has 0 radical (unpaired) electrons. The molecule has 136 valence electrons. The van der Waals surface area contributed by atoms with Gasteiger partial charge in [-0.05, 0) is 49.6 Å². The first-order valence-electron chi connectivity index (χ1n) is 8.55. The van der Waals surface area contributed by atoms with Crippen LogP contribution in [0.1, 0.15) is 18.9 Å². The SMILES string of the molecule is CCNC(=NCCCc1cnn(C)c1)NCCSc1ccc(Cl)cc1.